The summed E-state index contributed by atoms with van der Waals surface area (Å²) >= 11 is 1.41. The number of aliphatic hydroxyl groups is 1. The molecule has 4 atom stereocenters. The molecule has 0 aromatic carbocycles. The number of aliphatic carboxylic acids is 1. The number of amides is 3. The molecule has 0 bridgehead atoms. The number of carbonyl (C=O) groups excluding carboxylic acids is 3. The summed E-state index contributed by atoms with van der Waals surface area (Å²) < 4.78 is 0. The van der Waals surface area contributed by atoms with Gasteiger partial charge in [-0.1, -0.05) is 0 Å². The Hall–Kier alpha value is -3.31. The minimum absolute atomic E-state index is 0.0794. The van der Waals surface area contributed by atoms with Gasteiger partial charge in [-0.3, -0.25) is 24.4 Å². The van der Waals surface area contributed by atoms with Gasteiger partial charge in [-0.2, -0.15) is 11.8 Å². The molecule has 0 aromatic heterocycles. The smallest absolute Gasteiger partial charge is 0.328 e. The molecule has 15 N–H and O–H groups in total. The van der Waals surface area contributed by atoms with Crippen molar-refractivity contribution in [3.8, 4) is 0 Å². The molecular weight excluding hydrogens is 508 g/mol. The maximum absolute atomic E-state index is 13.1. The highest BCUT2D eigenvalue weighted by Gasteiger charge is 2.29. The Morgan fingerprint density at radius 1 is 0.784 bits per heavy atom. The molecule has 0 spiro atoms. The Morgan fingerprint density at radius 2 is 1.24 bits per heavy atom. The Bertz CT molecular complexity index is 804. The Labute approximate surface area is 219 Å². The standard InChI is InChI=1S/C20H40N10O6S/c1-37-9-6-13(17(34)30-14(10-31)18(35)36)29-16(33)12(5-3-8-27-20(24)25)28-15(32)11(21)4-2-7-26-19(22)23/h11-14,31H,2-10,21H2,1H3,(H,28,32)(H,29,33)(H,30,34)(H,35,36)(H4,22,23,26)(H4,24,25,27). The molecule has 0 aromatic rings. The molecule has 4 unspecified atom stereocenters. The van der Waals surface area contributed by atoms with Crippen LogP contribution in [0.5, 0.6) is 0 Å². The van der Waals surface area contributed by atoms with E-state index in [1.807, 2.05) is 0 Å². The van der Waals surface area contributed by atoms with Gasteiger partial charge in [0.25, 0.3) is 0 Å². The highest BCUT2D eigenvalue weighted by molar-refractivity contribution is 7.98. The van der Waals surface area contributed by atoms with Gasteiger partial charge in [0, 0.05) is 13.1 Å². The van der Waals surface area contributed by atoms with Gasteiger partial charge < -0.3 is 54.8 Å². The Morgan fingerprint density at radius 3 is 1.70 bits per heavy atom. The van der Waals surface area contributed by atoms with Crippen LogP contribution in [0.25, 0.3) is 0 Å². The first kappa shape index (κ1) is 33.7. The molecule has 3 amide bonds. The number of guanidine groups is 2. The first-order chi connectivity index (χ1) is 17.4. The predicted octanol–water partition coefficient (Wildman–Crippen LogP) is -4.29. The van der Waals surface area contributed by atoms with Crippen LogP contribution in [-0.2, 0) is 19.2 Å². The molecule has 37 heavy (non-hydrogen) atoms. The number of nitrogens with zero attached hydrogens (tertiary/aromatic N) is 2. The zero-order chi connectivity index (χ0) is 28.4. The summed E-state index contributed by atoms with van der Waals surface area (Å²) in [6.45, 7) is -0.350. The van der Waals surface area contributed by atoms with Crippen molar-refractivity contribution < 1.29 is 29.4 Å². The maximum Gasteiger partial charge on any atom is 0.328 e. The lowest BCUT2D eigenvalue weighted by Gasteiger charge is -2.25. The van der Waals surface area contributed by atoms with Crippen molar-refractivity contribution in [1.82, 2.24) is 16.0 Å². The fourth-order valence-corrected chi connectivity index (χ4v) is 3.41. The number of rotatable bonds is 19. The van der Waals surface area contributed by atoms with Crippen molar-refractivity contribution in [2.45, 2.75) is 56.3 Å². The van der Waals surface area contributed by atoms with Crippen LogP contribution in [0.3, 0.4) is 0 Å². The number of carbonyl (C=O) groups is 4. The molecule has 0 aliphatic heterocycles. The number of carboxylic acid groups (broad SMARTS) is 1. The monoisotopic (exact) mass is 548 g/mol. The zero-order valence-corrected chi connectivity index (χ0v) is 21.7. The van der Waals surface area contributed by atoms with Gasteiger partial charge in [-0.05, 0) is 44.1 Å². The highest BCUT2D eigenvalue weighted by Crippen LogP contribution is 2.06. The number of aliphatic hydroxyl groups excluding tert-OH is 1. The fraction of sp³-hybridized carbons (Fsp3) is 0.700. The second-order valence-electron chi connectivity index (χ2n) is 7.99. The zero-order valence-electron chi connectivity index (χ0n) is 20.9. The normalized spacial score (nSPS) is 13.8. The third-order valence-electron chi connectivity index (χ3n) is 4.92. The van der Waals surface area contributed by atoms with E-state index in [0.717, 1.165) is 0 Å². The van der Waals surface area contributed by atoms with E-state index in [1.165, 1.54) is 11.8 Å². The first-order valence-corrected chi connectivity index (χ1v) is 12.9. The average Bonchev–Trinajstić information content (AvgIpc) is 2.83. The number of hydrogen-bond acceptors (Lipinski definition) is 9. The number of nitrogens with two attached hydrogens (primary N) is 5. The molecule has 0 saturated carbocycles. The van der Waals surface area contributed by atoms with Crippen molar-refractivity contribution in [2.75, 3.05) is 31.7 Å². The van der Waals surface area contributed by atoms with Crippen molar-refractivity contribution in [2.24, 2.45) is 38.7 Å². The minimum Gasteiger partial charge on any atom is -0.480 e. The van der Waals surface area contributed by atoms with E-state index in [4.69, 9.17) is 33.8 Å². The predicted molar refractivity (Wildman–Crippen MR) is 141 cm³/mol. The molecule has 0 heterocycles. The third kappa shape index (κ3) is 15.4. The summed E-state index contributed by atoms with van der Waals surface area (Å²) in [5.41, 5.74) is 27.1. The second kappa shape index (κ2) is 18.9. The van der Waals surface area contributed by atoms with E-state index in [2.05, 4.69) is 25.9 Å². The number of thioether (sulfide) groups is 1. The Kier molecular flexibility index (Phi) is 17.2. The molecule has 0 saturated heterocycles. The number of carboxylic acids is 1. The van der Waals surface area contributed by atoms with Crippen molar-refractivity contribution in [1.29, 1.82) is 0 Å². The van der Waals surface area contributed by atoms with E-state index in [9.17, 15) is 24.3 Å². The van der Waals surface area contributed by atoms with Crippen LogP contribution < -0.4 is 44.6 Å². The van der Waals surface area contributed by atoms with E-state index in [1.54, 1.807) is 6.26 Å². The molecule has 0 aliphatic carbocycles. The van der Waals surface area contributed by atoms with Crippen LogP contribution in [0.2, 0.25) is 0 Å². The average molecular weight is 549 g/mol. The second-order valence-corrected chi connectivity index (χ2v) is 8.98. The van der Waals surface area contributed by atoms with Gasteiger partial charge in [-0.25, -0.2) is 4.79 Å². The molecule has 17 heteroatoms. The van der Waals surface area contributed by atoms with Crippen LogP contribution in [0.1, 0.15) is 32.1 Å². The van der Waals surface area contributed by atoms with Gasteiger partial charge in [-0.15, -0.1) is 0 Å². The molecule has 0 aliphatic rings. The summed E-state index contributed by atoms with van der Waals surface area (Å²) in [4.78, 5) is 57.2. The summed E-state index contributed by atoms with van der Waals surface area (Å²) in [7, 11) is 0. The molecule has 212 valence electrons. The number of aliphatic imine (C=N–C) groups is 2. The van der Waals surface area contributed by atoms with Gasteiger partial charge in [0.15, 0.2) is 11.9 Å². The van der Waals surface area contributed by atoms with Crippen molar-refractivity contribution in [3.63, 3.8) is 0 Å². The summed E-state index contributed by atoms with van der Waals surface area (Å²) in [5.74, 6) is -3.22. The van der Waals surface area contributed by atoms with Crippen LogP contribution in [0.4, 0.5) is 0 Å². The van der Waals surface area contributed by atoms with Crippen LogP contribution in [0.15, 0.2) is 9.98 Å². The first-order valence-electron chi connectivity index (χ1n) is 11.5. The minimum atomic E-state index is -1.53. The fourth-order valence-electron chi connectivity index (χ4n) is 2.94. The number of nitrogens with one attached hydrogen (secondary N) is 3. The van der Waals surface area contributed by atoms with E-state index < -0.39 is 54.5 Å². The van der Waals surface area contributed by atoms with E-state index in [0.29, 0.717) is 18.6 Å². The quantitative estimate of drug-likeness (QED) is 0.0416. The molecule has 0 rings (SSSR count). The van der Waals surface area contributed by atoms with Gasteiger partial charge in [0.2, 0.25) is 17.7 Å². The summed E-state index contributed by atoms with van der Waals surface area (Å²) in [6.07, 6.45) is 3.10. The lowest BCUT2D eigenvalue weighted by Crippen LogP contribution is -2.57. The van der Waals surface area contributed by atoms with Crippen molar-refractivity contribution >= 4 is 47.4 Å². The topological polar surface area (TPSA) is 300 Å². The van der Waals surface area contributed by atoms with E-state index in [-0.39, 0.29) is 44.3 Å². The van der Waals surface area contributed by atoms with Crippen LogP contribution >= 0.6 is 11.8 Å². The lowest BCUT2D eigenvalue weighted by atomic mass is 10.1. The largest absolute Gasteiger partial charge is 0.480 e. The molecule has 0 radical (unpaired) electrons. The molecule has 16 nitrogen and oxygen atoms in total. The SMILES string of the molecule is CSCCC(NC(=O)C(CCCN=C(N)N)NC(=O)C(N)CCCN=C(N)N)C(=O)NC(CO)C(=O)O. The highest BCUT2D eigenvalue weighted by atomic mass is 32.2. The van der Waals surface area contributed by atoms with Crippen LogP contribution in [-0.4, -0.2) is 102 Å². The van der Waals surface area contributed by atoms with Crippen molar-refractivity contribution in [3.05, 3.63) is 0 Å². The summed E-state index contributed by atoms with van der Waals surface area (Å²) in [5, 5.41) is 25.6. The third-order valence-corrected chi connectivity index (χ3v) is 5.57. The summed E-state index contributed by atoms with van der Waals surface area (Å²) in [6, 6.07) is -4.67. The van der Waals surface area contributed by atoms with Gasteiger partial charge in [0.05, 0.1) is 12.6 Å². The molecule has 0 fully saturated rings. The molecular formula is C20H40N10O6S. The maximum atomic E-state index is 13.1. The van der Waals surface area contributed by atoms with E-state index >= 15 is 0 Å². The van der Waals surface area contributed by atoms with Gasteiger partial charge >= 0.3 is 5.97 Å². The number of hydrogen-bond donors (Lipinski definition) is 10. The van der Waals surface area contributed by atoms with Crippen LogP contribution in [0, 0.1) is 0 Å². The lowest BCUT2D eigenvalue weighted by molar-refractivity contribution is -0.143. The Balaban J connectivity index is 5.44. The van der Waals surface area contributed by atoms with Gasteiger partial charge in [0.1, 0.15) is 18.1 Å².